The first kappa shape index (κ1) is 7.35. The van der Waals surface area contributed by atoms with E-state index < -0.39 is 0 Å². The molecule has 0 N–H and O–H groups in total. The monoisotopic (exact) mass is 161 g/mol. The average molecular weight is 161 g/mol. The number of carbonyl (C=O) groups is 1. The van der Waals surface area contributed by atoms with E-state index in [-0.39, 0.29) is 5.91 Å². The van der Waals surface area contributed by atoms with Gasteiger partial charge in [0.2, 0.25) is 5.91 Å². The molecule has 1 aromatic carbocycles. The van der Waals surface area contributed by atoms with Gasteiger partial charge in [-0.25, -0.2) is 0 Å². The molecule has 0 radical (unpaired) electrons. The summed E-state index contributed by atoms with van der Waals surface area (Å²) in [5, 5.41) is 0. The Balaban J connectivity index is 2.62. The van der Waals surface area contributed by atoms with Crippen molar-refractivity contribution in [2.24, 2.45) is 0 Å². The van der Waals surface area contributed by atoms with E-state index in [1.807, 2.05) is 32.2 Å². The van der Waals surface area contributed by atoms with Crippen molar-refractivity contribution in [1.29, 1.82) is 0 Å². The molecular formula is C10H11NO. The minimum atomic E-state index is 0.194. The quantitative estimate of drug-likeness (QED) is 0.565. The molecule has 0 aliphatic carbocycles. The molecule has 1 aromatic rings. The second-order valence-electron chi connectivity index (χ2n) is 3.21. The Morgan fingerprint density at radius 3 is 2.83 bits per heavy atom. The molecule has 1 aliphatic heterocycles. The lowest BCUT2D eigenvalue weighted by atomic mass is 10.1. The van der Waals surface area contributed by atoms with Gasteiger partial charge in [0, 0.05) is 12.7 Å². The summed E-state index contributed by atoms with van der Waals surface area (Å²) in [4.78, 5) is 13.0. The lowest BCUT2D eigenvalue weighted by Crippen LogP contribution is -2.21. The van der Waals surface area contributed by atoms with Crippen LogP contribution in [0.1, 0.15) is 11.1 Å². The van der Waals surface area contributed by atoms with Gasteiger partial charge < -0.3 is 4.90 Å². The summed E-state index contributed by atoms with van der Waals surface area (Å²) in [5.41, 5.74) is 3.44. The molecule has 0 saturated heterocycles. The first-order chi connectivity index (χ1) is 5.70. The highest BCUT2D eigenvalue weighted by atomic mass is 16.2. The topological polar surface area (TPSA) is 20.3 Å². The van der Waals surface area contributed by atoms with Gasteiger partial charge in [-0.1, -0.05) is 18.2 Å². The fourth-order valence-corrected chi connectivity index (χ4v) is 1.75. The Morgan fingerprint density at radius 2 is 2.17 bits per heavy atom. The van der Waals surface area contributed by atoms with Crippen LogP contribution >= 0.6 is 0 Å². The van der Waals surface area contributed by atoms with Crippen molar-refractivity contribution in [3.8, 4) is 0 Å². The van der Waals surface area contributed by atoms with Crippen molar-refractivity contribution in [2.75, 3.05) is 11.9 Å². The molecule has 0 spiro atoms. The minimum absolute atomic E-state index is 0.194. The summed E-state index contributed by atoms with van der Waals surface area (Å²) in [6, 6.07) is 6.05. The van der Waals surface area contributed by atoms with E-state index in [4.69, 9.17) is 0 Å². The van der Waals surface area contributed by atoms with Crippen molar-refractivity contribution in [1.82, 2.24) is 0 Å². The van der Waals surface area contributed by atoms with Crippen molar-refractivity contribution in [3.63, 3.8) is 0 Å². The summed E-state index contributed by atoms with van der Waals surface area (Å²) < 4.78 is 0. The number of aryl methyl sites for hydroxylation is 1. The summed E-state index contributed by atoms with van der Waals surface area (Å²) in [7, 11) is 1.83. The summed E-state index contributed by atoms with van der Waals surface area (Å²) >= 11 is 0. The van der Waals surface area contributed by atoms with Gasteiger partial charge >= 0.3 is 0 Å². The molecule has 2 heteroatoms. The van der Waals surface area contributed by atoms with Crippen LogP contribution in [0.2, 0.25) is 0 Å². The van der Waals surface area contributed by atoms with Crippen LogP contribution in [-0.4, -0.2) is 13.0 Å². The predicted octanol–water partition coefficient (Wildman–Crippen LogP) is 1.51. The third kappa shape index (κ3) is 0.843. The van der Waals surface area contributed by atoms with Crippen LogP contribution in [0, 0.1) is 6.92 Å². The lowest BCUT2D eigenvalue weighted by Gasteiger charge is -2.12. The van der Waals surface area contributed by atoms with Crippen LogP contribution in [0.3, 0.4) is 0 Å². The number of anilines is 1. The number of para-hydroxylation sites is 1. The zero-order chi connectivity index (χ0) is 8.72. The van der Waals surface area contributed by atoms with Crippen LogP contribution in [-0.2, 0) is 11.2 Å². The normalized spacial score (nSPS) is 15.2. The van der Waals surface area contributed by atoms with Crippen LogP contribution in [0.4, 0.5) is 5.69 Å². The average Bonchev–Trinajstić information content (AvgIpc) is 2.29. The lowest BCUT2D eigenvalue weighted by molar-refractivity contribution is -0.117. The second-order valence-corrected chi connectivity index (χ2v) is 3.21. The third-order valence-electron chi connectivity index (χ3n) is 2.37. The molecule has 0 fully saturated rings. The van der Waals surface area contributed by atoms with Gasteiger partial charge in [-0.15, -0.1) is 0 Å². The zero-order valence-corrected chi connectivity index (χ0v) is 7.29. The summed E-state index contributed by atoms with van der Waals surface area (Å²) in [5.74, 6) is 0.194. The molecule has 1 amide bonds. The number of nitrogens with zero attached hydrogens (tertiary/aromatic N) is 1. The van der Waals surface area contributed by atoms with Gasteiger partial charge in [-0.3, -0.25) is 4.79 Å². The van der Waals surface area contributed by atoms with Crippen molar-refractivity contribution < 1.29 is 4.79 Å². The third-order valence-corrected chi connectivity index (χ3v) is 2.37. The SMILES string of the molecule is Cc1cccc2c1N(C)C(=O)C2. The zero-order valence-electron chi connectivity index (χ0n) is 7.29. The molecule has 0 bridgehead atoms. The van der Waals surface area contributed by atoms with E-state index in [1.165, 1.54) is 5.56 Å². The van der Waals surface area contributed by atoms with E-state index in [1.54, 1.807) is 4.90 Å². The van der Waals surface area contributed by atoms with Gasteiger partial charge in [0.15, 0.2) is 0 Å². The number of benzene rings is 1. The highest BCUT2D eigenvalue weighted by molar-refractivity contribution is 6.01. The molecule has 1 heterocycles. The Morgan fingerprint density at radius 1 is 1.42 bits per heavy atom. The van der Waals surface area contributed by atoms with Crippen molar-refractivity contribution in [2.45, 2.75) is 13.3 Å². The van der Waals surface area contributed by atoms with E-state index in [0.717, 1.165) is 11.3 Å². The number of carbonyl (C=O) groups excluding carboxylic acids is 1. The molecule has 12 heavy (non-hydrogen) atoms. The van der Waals surface area contributed by atoms with Crippen molar-refractivity contribution in [3.05, 3.63) is 29.3 Å². The van der Waals surface area contributed by atoms with E-state index in [0.29, 0.717) is 6.42 Å². The van der Waals surface area contributed by atoms with E-state index in [9.17, 15) is 4.79 Å². The Labute approximate surface area is 71.8 Å². The minimum Gasteiger partial charge on any atom is -0.315 e. The molecule has 0 unspecified atom stereocenters. The number of hydrogen-bond donors (Lipinski definition) is 0. The van der Waals surface area contributed by atoms with E-state index in [2.05, 4.69) is 0 Å². The summed E-state index contributed by atoms with van der Waals surface area (Å²) in [6.45, 7) is 2.04. The van der Waals surface area contributed by atoms with Gasteiger partial charge in [0.05, 0.1) is 6.42 Å². The predicted molar refractivity (Wildman–Crippen MR) is 48.3 cm³/mol. The number of amides is 1. The first-order valence-electron chi connectivity index (χ1n) is 4.05. The van der Waals surface area contributed by atoms with Crippen LogP contribution < -0.4 is 4.90 Å². The molecular weight excluding hydrogens is 150 g/mol. The number of fused-ring (bicyclic) bond motifs is 1. The smallest absolute Gasteiger partial charge is 0.231 e. The number of likely N-dealkylation sites (N-methyl/N-ethyl adjacent to an activating group) is 1. The Hall–Kier alpha value is -1.31. The number of hydrogen-bond acceptors (Lipinski definition) is 1. The van der Waals surface area contributed by atoms with Crippen LogP contribution in [0.5, 0.6) is 0 Å². The maximum absolute atomic E-state index is 11.3. The maximum atomic E-state index is 11.3. The first-order valence-corrected chi connectivity index (χ1v) is 4.05. The van der Waals surface area contributed by atoms with Gasteiger partial charge in [0.1, 0.15) is 0 Å². The highest BCUT2D eigenvalue weighted by Gasteiger charge is 2.24. The molecule has 0 aromatic heterocycles. The molecule has 0 atom stereocenters. The second kappa shape index (κ2) is 2.34. The molecule has 62 valence electrons. The van der Waals surface area contributed by atoms with Crippen molar-refractivity contribution >= 4 is 11.6 Å². The molecule has 2 nitrogen and oxygen atoms in total. The molecule has 2 rings (SSSR count). The fourth-order valence-electron chi connectivity index (χ4n) is 1.75. The standard InChI is InChI=1S/C10H11NO/c1-7-4-3-5-8-6-9(12)11(2)10(7)8/h3-5H,6H2,1-2H3. The van der Waals surface area contributed by atoms with Crippen LogP contribution in [0.15, 0.2) is 18.2 Å². The Kier molecular flexibility index (Phi) is 1.43. The van der Waals surface area contributed by atoms with Gasteiger partial charge in [-0.2, -0.15) is 0 Å². The summed E-state index contributed by atoms with van der Waals surface area (Å²) in [6.07, 6.45) is 0.563. The highest BCUT2D eigenvalue weighted by Crippen LogP contribution is 2.30. The molecule has 1 aliphatic rings. The van der Waals surface area contributed by atoms with Gasteiger partial charge in [-0.05, 0) is 18.1 Å². The largest absolute Gasteiger partial charge is 0.315 e. The van der Waals surface area contributed by atoms with Crippen LogP contribution in [0.25, 0.3) is 0 Å². The maximum Gasteiger partial charge on any atom is 0.231 e. The number of rotatable bonds is 0. The van der Waals surface area contributed by atoms with E-state index >= 15 is 0 Å². The Bertz CT molecular complexity index is 344. The van der Waals surface area contributed by atoms with Gasteiger partial charge in [0.25, 0.3) is 0 Å². The molecule has 0 saturated carbocycles. The fraction of sp³-hybridized carbons (Fsp3) is 0.300.